The van der Waals surface area contributed by atoms with Gasteiger partial charge in [-0.2, -0.15) is 0 Å². The lowest BCUT2D eigenvalue weighted by atomic mass is 10.1. The molecule has 2 amide bonds. The molecule has 1 aromatic carbocycles. The van der Waals surface area contributed by atoms with Crippen LogP contribution in [0.3, 0.4) is 0 Å². The summed E-state index contributed by atoms with van der Waals surface area (Å²) in [4.78, 5) is 28.6. The lowest BCUT2D eigenvalue weighted by Crippen LogP contribution is -2.26. The van der Waals surface area contributed by atoms with Crippen LogP contribution in [0.2, 0.25) is 0 Å². The summed E-state index contributed by atoms with van der Waals surface area (Å²) in [5.41, 5.74) is 2.21. The second-order valence-corrected chi connectivity index (χ2v) is 7.32. The first-order valence-electron chi connectivity index (χ1n) is 8.13. The van der Waals surface area contributed by atoms with Gasteiger partial charge >= 0.3 is 0 Å². The Morgan fingerprint density at radius 3 is 2.83 bits per heavy atom. The number of carbonyl (C=O) groups excluding carboxylic acids is 2. The highest BCUT2D eigenvalue weighted by atomic mass is 32.1. The maximum absolute atomic E-state index is 12.2. The molecule has 24 heavy (non-hydrogen) atoms. The van der Waals surface area contributed by atoms with E-state index in [1.807, 2.05) is 12.3 Å². The fourth-order valence-corrected chi connectivity index (χ4v) is 3.24. The fraction of sp³-hybridized carbons (Fsp3) is 0.389. The van der Waals surface area contributed by atoms with Crippen LogP contribution in [0.5, 0.6) is 0 Å². The number of benzene rings is 1. The molecule has 0 bridgehead atoms. The Balaban J connectivity index is 1.52. The molecule has 0 radical (unpaired) electrons. The van der Waals surface area contributed by atoms with Crippen LogP contribution in [0.4, 0.5) is 5.69 Å². The molecule has 6 heteroatoms. The molecule has 1 aromatic heterocycles. The predicted octanol–water partition coefficient (Wildman–Crippen LogP) is 3.02. The lowest BCUT2D eigenvalue weighted by Gasteiger charge is -2.08. The third kappa shape index (κ3) is 4.20. The van der Waals surface area contributed by atoms with Gasteiger partial charge in [-0.1, -0.05) is 13.0 Å². The predicted molar refractivity (Wildman–Crippen MR) is 95.2 cm³/mol. The molecule has 0 aliphatic heterocycles. The summed E-state index contributed by atoms with van der Waals surface area (Å²) >= 11 is 1.61. The molecule has 1 fully saturated rings. The van der Waals surface area contributed by atoms with E-state index < -0.39 is 0 Å². The van der Waals surface area contributed by atoms with Crippen molar-refractivity contribution < 1.29 is 9.59 Å². The maximum atomic E-state index is 12.2. The monoisotopic (exact) mass is 343 g/mol. The van der Waals surface area contributed by atoms with E-state index in [4.69, 9.17) is 0 Å². The van der Waals surface area contributed by atoms with Gasteiger partial charge in [0.25, 0.3) is 5.91 Å². The highest BCUT2D eigenvalue weighted by molar-refractivity contribution is 7.09. The molecular formula is C18H21N3O2S. The average Bonchev–Trinajstić information content (AvgIpc) is 3.15. The molecule has 5 nitrogen and oxygen atoms in total. The van der Waals surface area contributed by atoms with Crippen LogP contribution < -0.4 is 10.6 Å². The van der Waals surface area contributed by atoms with Gasteiger partial charge in [0.05, 0.1) is 10.7 Å². The molecule has 0 saturated heterocycles. The molecule has 126 valence electrons. The summed E-state index contributed by atoms with van der Waals surface area (Å²) < 4.78 is 0. The van der Waals surface area contributed by atoms with Gasteiger partial charge in [-0.3, -0.25) is 9.59 Å². The number of thiazole rings is 1. The Hall–Kier alpha value is -2.21. The first-order chi connectivity index (χ1) is 11.5. The zero-order chi connectivity index (χ0) is 17.1. The number of aromatic nitrogens is 1. The Bertz CT molecular complexity index is 756. The topological polar surface area (TPSA) is 71.1 Å². The summed E-state index contributed by atoms with van der Waals surface area (Å²) in [6.45, 7) is 4.57. The van der Waals surface area contributed by atoms with Crippen LogP contribution in [0, 0.1) is 18.8 Å². The van der Waals surface area contributed by atoms with Crippen molar-refractivity contribution in [2.75, 3.05) is 11.9 Å². The molecule has 2 aromatic rings. The Kier molecular flexibility index (Phi) is 4.94. The first kappa shape index (κ1) is 16.6. The average molecular weight is 343 g/mol. The number of nitrogens with zero attached hydrogens (tertiary/aromatic N) is 1. The van der Waals surface area contributed by atoms with E-state index in [1.165, 1.54) is 0 Å². The normalized spacial score (nSPS) is 18.9. The second kappa shape index (κ2) is 7.13. The van der Waals surface area contributed by atoms with E-state index in [0.717, 1.165) is 17.1 Å². The minimum atomic E-state index is -0.141. The smallest absolute Gasteiger partial charge is 0.251 e. The van der Waals surface area contributed by atoms with E-state index in [-0.39, 0.29) is 17.7 Å². The van der Waals surface area contributed by atoms with Crippen LogP contribution in [0.15, 0.2) is 29.6 Å². The molecule has 1 aliphatic rings. The number of anilines is 1. The molecule has 2 N–H and O–H groups in total. The summed E-state index contributed by atoms with van der Waals surface area (Å²) in [7, 11) is 0. The van der Waals surface area contributed by atoms with E-state index in [0.29, 0.717) is 30.1 Å². The molecule has 2 atom stereocenters. The van der Waals surface area contributed by atoms with Crippen molar-refractivity contribution in [3.63, 3.8) is 0 Å². The van der Waals surface area contributed by atoms with Crippen LogP contribution in [0.25, 0.3) is 0 Å². The molecule has 1 aliphatic carbocycles. The van der Waals surface area contributed by atoms with Crippen LogP contribution >= 0.6 is 11.3 Å². The largest absolute Gasteiger partial charge is 0.352 e. The van der Waals surface area contributed by atoms with Gasteiger partial charge in [-0.25, -0.2) is 4.98 Å². The van der Waals surface area contributed by atoms with Gasteiger partial charge in [0.2, 0.25) is 5.91 Å². The summed E-state index contributed by atoms with van der Waals surface area (Å²) in [5, 5.41) is 8.82. The van der Waals surface area contributed by atoms with Crippen LogP contribution in [0.1, 0.15) is 34.4 Å². The van der Waals surface area contributed by atoms with E-state index in [1.54, 1.807) is 35.6 Å². The van der Waals surface area contributed by atoms with Crippen molar-refractivity contribution in [2.24, 2.45) is 11.8 Å². The van der Waals surface area contributed by atoms with Gasteiger partial charge in [0, 0.05) is 35.5 Å². The number of carbonyl (C=O) groups is 2. The van der Waals surface area contributed by atoms with E-state index in [9.17, 15) is 9.59 Å². The Labute approximate surface area is 145 Å². The number of aryl methyl sites for hydroxylation is 1. The summed E-state index contributed by atoms with van der Waals surface area (Å²) in [6.07, 6.45) is 1.66. The van der Waals surface area contributed by atoms with Crippen LogP contribution in [-0.2, 0) is 11.2 Å². The first-order valence-corrected chi connectivity index (χ1v) is 9.01. The fourth-order valence-electron chi connectivity index (χ4n) is 2.59. The number of amides is 2. The number of nitrogens with one attached hydrogen (secondary N) is 2. The molecular weight excluding hydrogens is 322 g/mol. The third-order valence-corrected chi connectivity index (χ3v) is 4.99. The molecule has 1 heterocycles. The van der Waals surface area contributed by atoms with Crippen molar-refractivity contribution >= 4 is 28.8 Å². The van der Waals surface area contributed by atoms with E-state index >= 15 is 0 Å². The quantitative estimate of drug-likeness (QED) is 0.847. The SMILES string of the molecule is Cc1nc(CCNC(=O)c2cccc(NC(=O)C3CC3C)c2)cs1. The number of hydrogen-bond donors (Lipinski definition) is 2. The lowest BCUT2D eigenvalue weighted by molar-refractivity contribution is -0.117. The minimum absolute atomic E-state index is 0.0407. The van der Waals surface area contributed by atoms with Crippen molar-refractivity contribution in [3.05, 3.63) is 45.9 Å². The van der Waals surface area contributed by atoms with Crippen LogP contribution in [-0.4, -0.2) is 23.3 Å². The second-order valence-electron chi connectivity index (χ2n) is 6.25. The summed E-state index contributed by atoms with van der Waals surface area (Å²) in [5.74, 6) is 0.478. The van der Waals surface area contributed by atoms with Gasteiger partial charge in [0.1, 0.15) is 0 Å². The highest BCUT2D eigenvalue weighted by Crippen LogP contribution is 2.38. The van der Waals surface area contributed by atoms with Gasteiger partial charge in [-0.05, 0) is 37.5 Å². The number of hydrogen-bond acceptors (Lipinski definition) is 4. The molecule has 0 spiro atoms. The van der Waals surface area contributed by atoms with Crippen molar-refractivity contribution in [1.82, 2.24) is 10.3 Å². The van der Waals surface area contributed by atoms with E-state index in [2.05, 4.69) is 22.5 Å². The maximum Gasteiger partial charge on any atom is 0.251 e. The Morgan fingerprint density at radius 2 is 2.17 bits per heavy atom. The molecule has 2 unspecified atom stereocenters. The van der Waals surface area contributed by atoms with Crippen molar-refractivity contribution in [2.45, 2.75) is 26.7 Å². The third-order valence-electron chi connectivity index (χ3n) is 4.17. The van der Waals surface area contributed by atoms with Gasteiger partial charge < -0.3 is 10.6 Å². The zero-order valence-electron chi connectivity index (χ0n) is 13.8. The molecule has 3 rings (SSSR count). The number of rotatable bonds is 6. The standard InChI is InChI=1S/C18H21N3O2S/c1-11-8-16(11)18(23)21-14-5-3-4-13(9-14)17(22)19-7-6-15-10-24-12(2)20-15/h3-5,9-11,16H,6-8H2,1-2H3,(H,19,22)(H,21,23). The van der Waals surface area contributed by atoms with Crippen molar-refractivity contribution in [1.29, 1.82) is 0 Å². The minimum Gasteiger partial charge on any atom is -0.352 e. The zero-order valence-corrected chi connectivity index (χ0v) is 14.7. The highest BCUT2D eigenvalue weighted by Gasteiger charge is 2.39. The van der Waals surface area contributed by atoms with Crippen molar-refractivity contribution in [3.8, 4) is 0 Å². The summed E-state index contributed by atoms with van der Waals surface area (Å²) in [6, 6.07) is 7.05. The Morgan fingerprint density at radius 1 is 1.38 bits per heavy atom. The molecule has 1 saturated carbocycles. The van der Waals surface area contributed by atoms with Gasteiger partial charge in [0.15, 0.2) is 0 Å². The van der Waals surface area contributed by atoms with Gasteiger partial charge in [-0.15, -0.1) is 11.3 Å².